The first-order valence-corrected chi connectivity index (χ1v) is 15.2. The third kappa shape index (κ3) is 7.82. The molecule has 1 atom stereocenters. The van der Waals surface area contributed by atoms with Crippen LogP contribution in [-0.2, 0) is 26.2 Å². The number of ether oxygens (including phenoxy) is 2. The predicted molar refractivity (Wildman–Crippen MR) is 164 cm³/mol. The molecule has 0 aliphatic rings. The Hall–Kier alpha value is -4.05. The molecule has 3 aromatic rings. The van der Waals surface area contributed by atoms with Gasteiger partial charge in [0.15, 0.2) is 11.5 Å². The van der Waals surface area contributed by atoms with Crippen LogP contribution >= 0.6 is 0 Å². The lowest BCUT2D eigenvalue weighted by atomic mass is 10.0. The second-order valence-corrected chi connectivity index (χ2v) is 12.8. The first-order chi connectivity index (χ1) is 19.8. The van der Waals surface area contributed by atoms with Gasteiger partial charge in [0.2, 0.25) is 11.8 Å². The number of carbonyl (C=O) groups is 2. The fourth-order valence-electron chi connectivity index (χ4n) is 4.57. The highest BCUT2D eigenvalue weighted by molar-refractivity contribution is 7.92. The summed E-state index contributed by atoms with van der Waals surface area (Å²) in [5.41, 5.74) is 1.61. The van der Waals surface area contributed by atoms with Crippen LogP contribution in [0.5, 0.6) is 11.5 Å². The highest BCUT2D eigenvalue weighted by atomic mass is 32.2. The molecule has 0 fully saturated rings. The molecule has 0 aliphatic carbocycles. The molecule has 0 aliphatic heterocycles. The molecular formula is C32H41N3O6S. The maximum Gasteiger partial charge on any atom is 0.264 e. The van der Waals surface area contributed by atoms with E-state index in [-0.39, 0.29) is 23.1 Å². The van der Waals surface area contributed by atoms with Gasteiger partial charge in [0, 0.05) is 18.2 Å². The van der Waals surface area contributed by atoms with Gasteiger partial charge >= 0.3 is 0 Å². The van der Waals surface area contributed by atoms with Crippen LogP contribution in [0.25, 0.3) is 0 Å². The maximum absolute atomic E-state index is 14.2. The molecule has 9 nitrogen and oxygen atoms in total. The second-order valence-electron chi connectivity index (χ2n) is 11.0. The van der Waals surface area contributed by atoms with Crippen molar-refractivity contribution in [3.05, 3.63) is 83.9 Å². The number of hydrogen-bond acceptors (Lipinski definition) is 6. The van der Waals surface area contributed by atoms with Crippen LogP contribution in [0.4, 0.5) is 5.69 Å². The summed E-state index contributed by atoms with van der Waals surface area (Å²) >= 11 is 0. The summed E-state index contributed by atoms with van der Waals surface area (Å²) in [4.78, 5) is 29.1. The van der Waals surface area contributed by atoms with Gasteiger partial charge in [-0.3, -0.25) is 13.9 Å². The topological polar surface area (TPSA) is 105 Å². The zero-order valence-electron chi connectivity index (χ0n) is 25.4. The van der Waals surface area contributed by atoms with E-state index >= 15 is 0 Å². The van der Waals surface area contributed by atoms with Crippen LogP contribution in [0.3, 0.4) is 0 Å². The second kappa shape index (κ2) is 13.7. The quantitative estimate of drug-likeness (QED) is 0.318. The summed E-state index contributed by atoms with van der Waals surface area (Å²) in [6.45, 7) is 9.01. The summed E-state index contributed by atoms with van der Waals surface area (Å²) < 4.78 is 39.9. The number of nitrogens with one attached hydrogen (secondary N) is 1. The summed E-state index contributed by atoms with van der Waals surface area (Å²) in [6, 6.07) is 19.5. The van der Waals surface area contributed by atoms with Crippen molar-refractivity contribution >= 4 is 27.5 Å². The van der Waals surface area contributed by atoms with E-state index < -0.39 is 34.1 Å². The fraction of sp³-hybridized carbons (Fsp3) is 0.375. The Kier molecular flexibility index (Phi) is 10.6. The fourth-order valence-corrected chi connectivity index (χ4v) is 6.00. The average Bonchev–Trinajstić information content (AvgIpc) is 2.95. The molecule has 0 unspecified atom stereocenters. The molecule has 0 bridgehead atoms. The standard InChI is InChI=1S/C32H41N3O6S/c1-8-27(31(37)33-32(3,4)5)34(21-24-15-13-12-14-23(24)2)30(36)22-35(25-16-10-9-11-17-25)42(38,39)26-18-19-28(40-6)29(20-26)41-7/h9-20,27H,8,21-22H2,1-7H3,(H,33,37)/t27-/m1/s1. The number of benzene rings is 3. The number of methoxy groups -OCH3 is 2. The van der Waals surface area contributed by atoms with Crippen molar-refractivity contribution in [3.8, 4) is 11.5 Å². The molecule has 3 rings (SSSR count). The molecule has 2 amide bonds. The SMILES string of the molecule is CC[C@H](C(=O)NC(C)(C)C)N(Cc1ccccc1C)C(=O)CN(c1ccccc1)S(=O)(=O)c1ccc(OC)c(OC)c1. The number of rotatable bonds is 12. The van der Waals surface area contributed by atoms with Crippen molar-refractivity contribution in [2.45, 2.75) is 64.1 Å². The van der Waals surface area contributed by atoms with Crippen molar-refractivity contribution in [1.29, 1.82) is 0 Å². The van der Waals surface area contributed by atoms with Gasteiger partial charge in [-0.25, -0.2) is 8.42 Å². The van der Waals surface area contributed by atoms with Gasteiger partial charge in [-0.1, -0.05) is 49.4 Å². The van der Waals surface area contributed by atoms with Gasteiger partial charge < -0.3 is 19.7 Å². The molecule has 0 saturated carbocycles. The zero-order chi connectivity index (χ0) is 31.1. The highest BCUT2D eigenvalue weighted by Gasteiger charge is 2.35. The van der Waals surface area contributed by atoms with Crippen molar-refractivity contribution in [2.75, 3.05) is 25.1 Å². The Morgan fingerprint density at radius 1 is 0.905 bits per heavy atom. The Bertz CT molecular complexity index is 1490. The van der Waals surface area contributed by atoms with Gasteiger partial charge in [-0.15, -0.1) is 0 Å². The van der Waals surface area contributed by atoms with Crippen molar-refractivity contribution in [1.82, 2.24) is 10.2 Å². The Morgan fingerprint density at radius 2 is 1.52 bits per heavy atom. The number of anilines is 1. The molecule has 10 heteroatoms. The molecule has 226 valence electrons. The summed E-state index contributed by atoms with van der Waals surface area (Å²) in [5, 5.41) is 2.98. The minimum atomic E-state index is -4.25. The number of nitrogens with zero attached hydrogens (tertiary/aromatic N) is 2. The molecule has 42 heavy (non-hydrogen) atoms. The van der Waals surface area contributed by atoms with Crippen LogP contribution in [0.1, 0.15) is 45.2 Å². The van der Waals surface area contributed by atoms with E-state index in [1.807, 2.05) is 58.9 Å². The molecular weight excluding hydrogens is 554 g/mol. The lowest BCUT2D eigenvalue weighted by Gasteiger charge is -2.35. The lowest BCUT2D eigenvalue weighted by Crippen LogP contribution is -2.55. The predicted octanol–water partition coefficient (Wildman–Crippen LogP) is 4.93. The number of carbonyl (C=O) groups excluding carboxylic acids is 2. The molecule has 1 N–H and O–H groups in total. The first-order valence-electron chi connectivity index (χ1n) is 13.8. The van der Waals surface area contributed by atoms with Crippen molar-refractivity contribution in [2.24, 2.45) is 0 Å². The molecule has 0 spiro atoms. The van der Waals surface area contributed by atoms with E-state index in [9.17, 15) is 18.0 Å². The molecule has 0 aromatic heterocycles. The minimum absolute atomic E-state index is 0.0697. The van der Waals surface area contributed by atoms with E-state index in [4.69, 9.17) is 9.47 Å². The van der Waals surface area contributed by atoms with Crippen LogP contribution in [0.2, 0.25) is 0 Å². The molecule has 0 radical (unpaired) electrons. The molecule has 3 aromatic carbocycles. The summed E-state index contributed by atoms with van der Waals surface area (Å²) in [5.74, 6) is -0.203. The van der Waals surface area contributed by atoms with Crippen molar-refractivity contribution < 1.29 is 27.5 Å². The number of aryl methyl sites for hydroxylation is 1. The van der Waals surface area contributed by atoms with Crippen LogP contribution < -0.4 is 19.1 Å². The normalized spacial score (nSPS) is 12.3. The van der Waals surface area contributed by atoms with Crippen LogP contribution in [-0.4, -0.2) is 57.5 Å². The monoisotopic (exact) mass is 595 g/mol. The van der Waals surface area contributed by atoms with E-state index in [1.54, 1.807) is 30.3 Å². The lowest BCUT2D eigenvalue weighted by molar-refractivity contribution is -0.141. The van der Waals surface area contributed by atoms with Gasteiger partial charge in [-0.05, 0) is 69.5 Å². The van der Waals surface area contributed by atoms with Crippen molar-refractivity contribution in [3.63, 3.8) is 0 Å². The summed E-state index contributed by atoms with van der Waals surface area (Å²) in [6.07, 6.45) is 0.341. The largest absolute Gasteiger partial charge is 0.493 e. The highest BCUT2D eigenvalue weighted by Crippen LogP contribution is 2.32. The number of hydrogen-bond donors (Lipinski definition) is 1. The van der Waals surface area contributed by atoms with E-state index in [2.05, 4.69) is 5.32 Å². The number of sulfonamides is 1. The van der Waals surface area contributed by atoms with E-state index in [0.717, 1.165) is 15.4 Å². The first kappa shape index (κ1) is 32.5. The number of amides is 2. The molecule has 0 heterocycles. The maximum atomic E-state index is 14.2. The zero-order valence-corrected chi connectivity index (χ0v) is 26.2. The Labute approximate surface area is 249 Å². The van der Waals surface area contributed by atoms with Gasteiger partial charge in [-0.2, -0.15) is 0 Å². The third-order valence-electron chi connectivity index (χ3n) is 6.75. The van der Waals surface area contributed by atoms with Gasteiger partial charge in [0.25, 0.3) is 10.0 Å². The smallest absolute Gasteiger partial charge is 0.264 e. The average molecular weight is 596 g/mol. The van der Waals surface area contributed by atoms with E-state index in [1.165, 1.54) is 37.3 Å². The number of para-hydroxylation sites is 1. The van der Waals surface area contributed by atoms with Crippen LogP contribution in [0.15, 0.2) is 77.7 Å². The molecule has 0 saturated heterocycles. The Morgan fingerprint density at radius 3 is 2.10 bits per heavy atom. The van der Waals surface area contributed by atoms with Gasteiger partial charge in [0.05, 0.1) is 24.8 Å². The summed E-state index contributed by atoms with van der Waals surface area (Å²) in [7, 11) is -1.37. The Balaban J connectivity index is 2.09. The van der Waals surface area contributed by atoms with Gasteiger partial charge in [0.1, 0.15) is 12.6 Å². The van der Waals surface area contributed by atoms with E-state index in [0.29, 0.717) is 17.9 Å². The minimum Gasteiger partial charge on any atom is -0.493 e. The van der Waals surface area contributed by atoms with Crippen LogP contribution in [0, 0.1) is 6.92 Å². The third-order valence-corrected chi connectivity index (χ3v) is 8.52.